The standard InChI is InChI=1S/C17H21ClN2O4/c1-11-4-3-7-20(10-11)16(22)9-15(21)19-14-8-12(17(23)24-2)5-6-13(14)18/h5-6,8,11H,3-4,7,9-10H2,1-2H3,(H,19,21). The zero-order valence-corrected chi connectivity index (χ0v) is 14.6. The number of esters is 1. The summed E-state index contributed by atoms with van der Waals surface area (Å²) < 4.78 is 4.63. The third-order valence-corrected chi connectivity index (χ3v) is 4.31. The predicted octanol–water partition coefficient (Wildman–Crippen LogP) is 2.71. The fourth-order valence-corrected chi connectivity index (χ4v) is 2.89. The van der Waals surface area contributed by atoms with E-state index in [9.17, 15) is 14.4 Å². The fraction of sp³-hybridized carbons (Fsp3) is 0.471. The van der Waals surface area contributed by atoms with Crippen molar-refractivity contribution in [3.8, 4) is 0 Å². The molecule has 2 amide bonds. The van der Waals surface area contributed by atoms with E-state index in [0.29, 0.717) is 19.0 Å². The molecule has 1 saturated heterocycles. The van der Waals surface area contributed by atoms with Crippen molar-refractivity contribution in [2.45, 2.75) is 26.2 Å². The van der Waals surface area contributed by atoms with Crippen molar-refractivity contribution in [3.05, 3.63) is 28.8 Å². The predicted molar refractivity (Wildman–Crippen MR) is 91.0 cm³/mol. The van der Waals surface area contributed by atoms with Crippen molar-refractivity contribution in [2.75, 3.05) is 25.5 Å². The lowest BCUT2D eigenvalue weighted by Gasteiger charge is -2.30. The van der Waals surface area contributed by atoms with Crippen molar-refractivity contribution in [3.63, 3.8) is 0 Å². The van der Waals surface area contributed by atoms with Gasteiger partial charge in [-0.05, 0) is 37.0 Å². The second-order valence-corrected chi connectivity index (χ2v) is 6.41. The Bertz CT molecular complexity index is 647. The minimum absolute atomic E-state index is 0.195. The zero-order chi connectivity index (χ0) is 17.7. The Morgan fingerprint density at radius 1 is 1.38 bits per heavy atom. The molecule has 7 heteroatoms. The van der Waals surface area contributed by atoms with E-state index >= 15 is 0 Å². The number of ether oxygens (including phenoxy) is 1. The van der Waals surface area contributed by atoms with E-state index in [1.165, 1.54) is 25.3 Å². The molecule has 0 spiro atoms. The molecule has 1 atom stereocenters. The summed E-state index contributed by atoms with van der Waals surface area (Å²) in [5, 5.41) is 2.87. The normalized spacial score (nSPS) is 17.3. The Balaban J connectivity index is 1.99. The van der Waals surface area contributed by atoms with E-state index in [1.807, 2.05) is 0 Å². The second kappa shape index (κ2) is 8.15. The Morgan fingerprint density at radius 2 is 2.12 bits per heavy atom. The van der Waals surface area contributed by atoms with Gasteiger partial charge in [-0.1, -0.05) is 18.5 Å². The van der Waals surface area contributed by atoms with E-state index in [1.54, 1.807) is 4.90 Å². The molecule has 1 aromatic rings. The summed E-state index contributed by atoms with van der Waals surface area (Å²) in [6.07, 6.45) is 1.82. The highest BCUT2D eigenvalue weighted by Gasteiger charge is 2.23. The number of hydrogen-bond donors (Lipinski definition) is 1. The van der Waals surface area contributed by atoms with Gasteiger partial charge in [0.15, 0.2) is 0 Å². The Kier molecular flexibility index (Phi) is 6.20. The van der Waals surface area contributed by atoms with Crippen LogP contribution in [0.25, 0.3) is 0 Å². The van der Waals surface area contributed by atoms with Crippen LogP contribution >= 0.6 is 11.6 Å². The lowest BCUT2D eigenvalue weighted by molar-refractivity contribution is -0.136. The number of piperidine rings is 1. The number of amides is 2. The first-order valence-corrected chi connectivity index (χ1v) is 8.24. The molecule has 0 saturated carbocycles. The molecule has 1 heterocycles. The average molecular weight is 353 g/mol. The number of anilines is 1. The van der Waals surface area contributed by atoms with Crippen LogP contribution in [-0.2, 0) is 14.3 Å². The molecule has 0 aliphatic carbocycles. The van der Waals surface area contributed by atoms with Gasteiger partial charge < -0.3 is 15.0 Å². The number of methoxy groups -OCH3 is 1. The van der Waals surface area contributed by atoms with Gasteiger partial charge in [-0.2, -0.15) is 0 Å². The number of benzene rings is 1. The number of hydrogen-bond acceptors (Lipinski definition) is 4. The number of carbonyl (C=O) groups is 3. The summed E-state index contributed by atoms with van der Waals surface area (Å²) in [6.45, 7) is 3.47. The molecule has 24 heavy (non-hydrogen) atoms. The van der Waals surface area contributed by atoms with Crippen LogP contribution in [0, 0.1) is 5.92 Å². The van der Waals surface area contributed by atoms with Gasteiger partial charge in [0.25, 0.3) is 0 Å². The van der Waals surface area contributed by atoms with Crippen LogP contribution in [0.3, 0.4) is 0 Å². The molecule has 0 aromatic heterocycles. The van der Waals surface area contributed by atoms with Crippen LogP contribution < -0.4 is 5.32 Å². The number of nitrogens with zero attached hydrogens (tertiary/aromatic N) is 1. The topological polar surface area (TPSA) is 75.7 Å². The molecule has 0 bridgehead atoms. The molecule has 1 N–H and O–H groups in total. The monoisotopic (exact) mass is 352 g/mol. The first-order valence-electron chi connectivity index (χ1n) is 7.86. The quantitative estimate of drug-likeness (QED) is 0.667. The van der Waals surface area contributed by atoms with Crippen LogP contribution in [0.15, 0.2) is 18.2 Å². The molecule has 1 fully saturated rings. The second-order valence-electron chi connectivity index (χ2n) is 6.00. The first kappa shape index (κ1) is 18.3. The van der Waals surface area contributed by atoms with E-state index < -0.39 is 11.9 Å². The molecule has 6 nitrogen and oxygen atoms in total. The third-order valence-electron chi connectivity index (χ3n) is 3.98. The molecular formula is C17H21ClN2O4. The lowest BCUT2D eigenvalue weighted by atomic mass is 10.00. The summed E-state index contributed by atoms with van der Waals surface area (Å²) in [6, 6.07) is 4.43. The minimum atomic E-state index is -0.527. The average Bonchev–Trinajstić information content (AvgIpc) is 2.56. The Morgan fingerprint density at radius 3 is 2.79 bits per heavy atom. The smallest absolute Gasteiger partial charge is 0.337 e. The van der Waals surface area contributed by atoms with E-state index in [4.69, 9.17) is 11.6 Å². The number of nitrogens with one attached hydrogen (secondary N) is 1. The number of rotatable bonds is 4. The molecular weight excluding hydrogens is 332 g/mol. The summed E-state index contributed by atoms with van der Waals surface area (Å²) >= 11 is 6.03. The maximum Gasteiger partial charge on any atom is 0.337 e. The number of likely N-dealkylation sites (tertiary alicyclic amines) is 1. The molecule has 2 rings (SSSR count). The van der Waals surface area contributed by atoms with Crippen LogP contribution in [0.2, 0.25) is 5.02 Å². The van der Waals surface area contributed by atoms with Crippen molar-refractivity contribution in [1.29, 1.82) is 0 Å². The lowest BCUT2D eigenvalue weighted by Crippen LogP contribution is -2.40. The van der Waals surface area contributed by atoms with Crippen molar-refractivity contribution < 1.29 is 19.1 Å². The summed E-state index contributed by atoms with van der Waals surface area (Å²) in [5.41, 5.74) is 0.553. The molecule has 1 unspecified atom stereocenters. The first-order chi connectivity index (χ1) is 11.4. The van der Waals surface area contributed by atoms with E-state index in [0.717, 1.165) is 12.8 Å². The minimum Gasteiger partial charge on any atom is -0.465 e. The highest BCUT2D eigenvalue weighted by molar-refractivity contribution is 6.34. The van der Waals surface area contributed by atoms with Crippen molar-refractivity contribution >= 4 is 35.1 Å². The highest BCUT2D eigenvalue weighted by Crippen LogP contribution is 2.24. The van der Waals surface area contributed by atoms with Gasteiger partial charge in [-0.15, -0.1) is 0 Å². The highest BCUT2D eigenvalue weighted by atomic mass is 35.5. The number of halogens is 1. The van der Waals surface area contributed by atoms with Gasteiger partial charge in [0.05, 0.1) is 23.4 Å². The van der Waals surface area contributed by atoms with Crippen LogP contribution in [0.4, 0.5) is 5.69 Å². The fourth-order valence-electron chi connectivity index (χ4n) is 2.73. The van der Waals surface area contributed by atoms with Gasteiger partial charge in [-0.3, -0.25) is 9.59 Å². The summed E-state index contributed by atoms with van der Waals surface area (Å²) in [4.78, 5) is 37.6. The maximum absolute atomic E-state index is 12.2. The van der Waals surface area contributed by atoms with Crippen LogP contribution in [0.1, 0.15) is 36.5 Å². The van der Waals surface area contributed by atoms with Crippen molar-refractivity contribution in [1.82, 2.24) is 4.90 Å². The van der Waals surface area contributed by atoms with Crippen LogP contribution in [-0.4, -0.2) is 42.9 Å². The number of carbonyl (C=O) groups excluding carboxylic acids is 3. The van der Waals surface area contributed by atoms with Crippen LogP contribution in [0.5, 0.6) is 0 Å². The largest absolute Gasteiger partial charge is 0.465 e. The summed E-state index contributed by atoms with van der Waals surface area (Å²) in [5.74, 6) is -0.723. The van der Waals surface area contributed by atoms with Gasteiger partial charge in [0.1, 0.15) is 6.42 Å². The maximum atomic E-state index is 12.2. The molecule has 1 aromatic carbocycles. The molecule has 1 aliphatic rings. The van der Waals surface area contributed by atoms with E-state index in [-0.39, 0.29) is 28.6 Å². The molecule has 1 aliphatic heterocycles. The zero-order valence-electron chi connectivity index (χ0n) is 13.8. The Labute approximate surface area is 146 Å². The van der Waals surface area contributed by atoms with Gasteiger partial charge in [-0.25, -0.2) is 4.79 Å². The van der Waals surface area contributed by atoms with Gasteiger partial charge in [0.2, 0.25) is 11.8 Å². The third kappa shape index (κ3) is 4.71. The summed E-state index contributed by atoms with van der Waals surface area (Å²) in [7, 11) is 1.27. The molecule has 130 valence electrons. The Hall–Kier alpha value is -2.08. The molecule has 0 radical (unpaired) electrons. The van der Waals surface area contributed by atoms with Crippen molar-refractivity contribution in [2.24, 2.45) is 5.92 Å². The SMILES string of the molecule is COC(=O)c1ccc(Cl)c(NC(=O)CC(=O)N2CCCC(C)C2)c1. The van der Waals surface area contributed by atoms with Gasteiger partial charge >= 0.3 is 5.97 Å². The van der Waals surface area contributed by atoms with E-state index in [2.05, 4.69) is 17.0 Å². The van der Waals surface area contributed by atoms with Gasteiger partial charge in [0, 0.05) is 13.1 Å².